The van der Waals surface area contributed by atoms with E-state index >= 15 is 0 Å². The fourth-order valence-electron chi connectivity index (χ4n) is 1.90. The number of nitrogens with zero attached hydrogens (tertiary/aromatic N) is 3. The summed E-state index contributed by atoms with van der Waals surface area (Å²) >= 11 is 5.96. The molecule has 3 nitrogen and oxygen atoms in total. The highest BCUT2D eigenvalue weighted by Gasteiger charge is 2.15. The van der Waals surface area contributed by atoms with Gasteiger partial charge in [0, 0.05) is 12.2 Å². The fraction of sp³-hybridized carbons (Fsp3) is 0.286. The molecule has 2 aromatic rings. The zero-order chi connectivity index (χ0) is 14.0. The second kappa shape index (κ2) is 5.53. The molecule has 0 aliphatic rings. The molecule has 100 valence electrons. The van der Waals surface area contributed by atoms with Gasteiger partial charge in [-0.25, -0.2) is 4.39 Å². The Morgan fingerprint density at radius 1 is 1.11 bits per heavy atom. The first-order chi connectivity index (χ1) is 9.04. The molecular weight excluding hydrogens is 265 g/mol. The van der Waals surface area contributed by atoms with Crippen molar-refractivity contribution in [1.29, 1.82) is 0 Å². The van der Waals surface area contributed by atoms with Crippen LogP contribution in [-0.4, -0.2) is 16.7 Å². The number of aromatic nitrogens is 2. The van der Waals surface area contributed by atoms with Crippen molar-refractivity contribution in [2.45, 2.75) is 20.8 Å². The van der Waals surface area contributed by atoms with Gasteiger partial charge in [0.2, 0.25) is 0 Å². The Morgan fingerprint density at radius 3 is 2.32 bits per heavy atom. The standard InChI is InChI=1S/C14H15ClFN3/c1-4-19(12-7-5-11(16)6-8-12)14-10(3)9(2)13(15)17-18-14/h5-8H,4H2,1-3H3. The Balaban J connectivity index is 2.48. The molecule has 0 fully saturated rings. The Bertz CT molecular complexity index is 584. The van der Waals surface area contributed by atoms with Crippen molar-refractivity contribution >= 4 is 23.1 Å². The van der Waals surface area contributed by atoms with Crippen molar-refractivity contribution in [3.8, 4) is 0 Å². The third-order valence-corrected chi connectivity index (χ3v) is 3.51. The molecule has 0 atom stereocenters. The minimum absolute atomic E-state index is 0.255. The molecule has 1 aromatic carbocycles. The van der Waals surface area contributed by atoms with E-state index in [2.05, 4.69) is 10.2 Å². The summed E-state index contributed by atoms with van der Waals surface area (Å²) in [6, 6.07) is 6.32. The number of hydrogen-bond donors (Lipinski definition) is 0. The molecule has 1 aromatic heterocycles. The largest absolute Gasteiger partial charge is 0.325 e. The Kier molecular flexibility index (Phi) is 4.00. The first kappa shape index (κ1) is 13.7. The molecule has 0 spiro atoms. The highest BCUT2D eigenvalue weighted by atomic mass is 35.5. The van der Waals surface area contributed by atoms with E-state index in [0.717, 1.165) is 22.6 Å². The Morgan fingerprint density at radius 2 is 1.74 bits per heavy atom. The molecule has 19 heavy (non-hydrogen) atoms. The van der Waals surface area contributed by atoms with Crippen LogP contribution >= 0.6 is 11.6 Å². The molecule has 5 heteroatoms. The van der Waals surface area contributed by atoms with E-state index in [9.17, 15) is 4.39 Å². The lowest BCUT2D eigenvalue weighted by Crippen LogP contribution is -2.19. The van der Waals surface area contributed by atoms with Gasteiger partial charge in [0.05, 0.1) is 0 Å². The monoisotopic (exact) mass is 279 g/mol. The smallest absolute Gasteiger partial charge is 0.158 e. The average molecular weight is 280 g/mol. The third kappa shape index (κ3) is 2.68. The van der Waals surface area contributed by atoms with E-state index in [1.807, 2.05) is 25.7 Å². The van der Waals surface area contributed by atoms with Crippen molar-refractivity contribution in [2.24, 2.45) is 0 Å². The van der Waals surface area contributed by atoms with E-state index in [1.54, 1.807) is 12.1 Å². The molecular formula is C14H15ClFN3. The zero-order valence-corrected chi connectivity index (χ0v) is 11.9. The van der Waals surface area contributed by atoms with Gasteiger partial charge in [-0.15, -0.1) is 10.2 Å². The van der Waals surface area contributed by atoms with Crippen molar-refractivity contribution in [2.75, 3.05) is 11.4 Å². The van der Waals surface area contributed by atoms with Gasteiger partial charge >= 0.3 is 0 Å². The first-order valence-corrected chi connectivity index (χ1v) is 6.45. The normalized spacial score (nSPS) is 10.6. The second-order valence-corrected chi connectivity index (χ2v) is 4.64. The Hall–Kier alpha value is -1.68. The van der Waals surface area contributed by atoms with E-state index < -0.39 is 0 Å². The molecule has 0 bridgehead atoms. The van der Waals surface area contributed by atoms with Crippen molar-refractivity contribution in [3.05, 3.63) is 46.4 Å². The van der Waals surface area contributed by atoms with Gasteiger partial charge in [-0.05, 0) is 56.2 Å². The number of hydrogen-bond acceptors (Lipinski definition) is 3. The minimum atomic E-state index is -0.255. The highest BCUT2D eigenvalue weighted by Crippen LogP contribution is 2.29. The summed E-state index contributed by atoms with van der Waals surface area (Å²) in [6.07, 6.45) is 0. The maximum Gasteiger partial charge on any atom is 0.158 e. The third-order valence-electron chi connectivity index (χ3n) is 3.15. The summed E-state index contributed by atoms with van der Waals surface area (Å²) in [5, 5.41) is 8.52. The van der Waals surface area contributed by atoms with Crippen LogP contribution in [0.2, 0.25) is 5.15 Å². The summed E-state index contributed by atoms with van der Waals surface area (Å²) < 4.78 is 13.0. The second-order valence-electron chi connectivity index (χ2n) is 4.29. The van der Waals surface area contributed by atoms with Gasteiger partial charge in [-0.3, -0.25) is 0 Å². The van der Waals surface area contributed by atoms with E-state index in [-0.39, 0.29) is 5.82 Å². The Labute approximate surface area is 117 Å². The molecule has 1 heterocycles. The maximum absolute atomic E-state index is 13.0. The van der Waals surface area contributed by atoms with Gasteiger partial charge in [-0.1, -0.05) is 11.6 Å². The van der Waals surface area contributed by atoms with Crippen LogP contribution < -0.4 is 4.90 Å². The molecule has 0 unspecified atom stereocenters. The van der Waals surface area contributed by atoms with Crippen molar-refractivity contribution in [1.82, 2.24) is 10.2 Å². The summed E-state index contributed by atoms with van der Waals surface area (Å²) in [5.41, 5.74) is 2.77. The van der Waals surface area contributed by atoms with Crippen LogP contribution in [0, 0.1) is 19.7 Å². The summed E-state index contributed by atoms with van der Waals surface area (Å²) in [4.78, 5) is 1.98. The van der Waals surface area contributed by atoms with Crippen LogP contribution in [0.1, 0.15) is 18.1 Å². The lowest BCUT2D eigenvalue weighted by atomic mass is 10.1. The van der Waals surface area contributed by atoms with Crippen LogP contribution in [-0.2, 0) is 0 Å². The van der Waals surface area contributed by atoms with E-state index in [0.29, 0.717) is 11.7 Å². The summed E-state index contributed by atoms with van der Waals surface area (Å²) in [7, 11) is 0. The molecule has 0 saturated heterocycles. The van der Waals surface area contributed by atoms with Gasteiger partial charge < -0.3 is 4.90 Å². The highest BCUT2D eigenvalue weighted by molar-refractivity contribution is 6.30. The fourth-order valence-corrected chi connectivity index (χ4v) is 2.08. The van der Waals surface area contributed by atoms with Crippen LogP contribution in [0.3, 0.4) is 0 Å². The summed E-state index contributed by atoms with van der Waals surface area (Å²) in [5.74, 6) is 0.492. The number of anilines is 2. The zero-order valence-electron chi connectivity index (χ0n) is 11.1. The molecule has 0 amide bonds. The predicted molar refractivity (Wildman–Crippen MR) is 75.6 cm³/mol. The lowest BCUT2D eigenvalue weighted by molar-refractivity contribution is 0.627. The molecule has 0 N–H and O–H groups in total. The SMILES string of the molecule is CCN(c1ccc(F)cc1)c1nnc(Cl)c(C)c1C. The van der Waals surface area contributed by atoms with Crippen LogP contribution in [0.4, 0.5) is 15.9 Å². The minimum Gasteiger partial charge on any atom is -0.325 e. The van der Waals surface area contributed by atoms with Crippen LogP contribution in [0.15, 0.2) is 24.3 Å². The number of rotatable bonds is 3. The molecule has 2 rings (SSSR count). The maximum atomic E-state index is 13.0. The van der Waals surface area contributed by atoms with E-state index in [4.69, 9.17) is 11.6 Å². The number of benzene rings is 1. The summed E-state index contributed by atoms with van der Waals surface area (Å²) in [6.45, 7) is 6.59. The predicted octanol–water partition coefficient (Wildman–Crippen LogP) is 4.04. The molecule has 0 aliphatic heterocycles. The topological polar surface area (TPSA) is 29.0 Å². The quantitative estimate of drug-likeness (QED) is 0.849. The van der Waals surface area contributed by atoms with Gasteiger partial charge in [0.15, 0.2) is 11.0 Å². The van der Waals surface area contributed by atoms with Crippen LogP contribution in [0.25, 0.3) is 0 Å². The first-order valence-electron chi connectivity index (χ1n) is 6.07. The van der Waals surface area contributed by atoms with Crippen molar-refractivity contribution < 1.29 is 4.39 Å². The number of halogens is 2. The molecule has 0 saturated carbocycles. The van der Waals surface area contributed by atoms with Gasteiger partial charge in [0.25, 0.3) is 0 Å². The van der Waals surface area contributed by atoms with Crippen LogP contribution in [0.5, 0.6) is 0 Å². The van der Waals surface area contributed by atoms with Gasteiger partial charge in [0.1, 0.15) is 5.82 Å². The van der Waals surface area contributed by atoms with E-state index in [1.165, 1.54) is 12.1 Å². The lowest BCUT2D eigenvalue weighted by Gasteiger charge is -2.24. The molecule has 0 radical (unpaired) electrons. The van der Waals surface area contributed by atoms with Gasteiger partial charge in [-0.2, -0.15) is 0 Å². The molecule has 0 aliphatic carbocycles. The average Bonchev–Trinajstić information content (AvgIpc) is 2.41. The van der Waals surface area contributed by atoms with Crippen molar-refractivity contribution in [3.63, 3.8) is 0 Å².